The monoisotopic (exact) mass is 794 g/mol. The Kier molecular flexibility index (Phi) is 11.3. The Morgan fingerprint density at radius 3 is 1.76 bits per heavy atom. The number of hydrogen-bond donors (Lipinski definition) is 2. The van der Waals surface area contributed by atoms with Crippen molar-refractivity contribution in [2.24, 2.45) is 34.5 Å². The number of carbonyl (C=O) groups is 3. The maximum atomic E-state index is 13.8. The maximum Gasteiger partial charge on any atom is 0.338 e. The van der Waals surface area contributed by atoms with Gasteiger partial charge in [-0.2, -0.15) is 0 Å². The van der Waals surface area contributed by atoms with Crippen molar-refractivity contribution in [3.63, 3.8) is 0 Å². The van der Waals surface area contributed by atoms with E-state index in [0.717, 1.165) is 57.8 Å². The second-order valence-electron chi connectivity index (χ2n) is 18.2. The fraction of sp³-hybridized carbons (Fsp3) is 0.562. The molecule has 4 saturated carbocycles. The normalized spacial score (nSPS) is 38.6. The molecule has 1 heterocycles. The summed E-state index contributed by atoms with van der Waals surface area (Å²) in [5.41, 5.74) is -0.177. The molecule has 3 aromatic carbocycles. The molecular weight excluding hydrogens is 737 g/mol. The summed E-state index contributed by atoms with van der Waals surface area (Å²) < 4.78 is 31.9. The molecule has 14 atom stereocenters. The third-order valence-corrected chi connectivity index (χ3v) is 15.3. The summed E-state index contributed by atoms with van der Waals surface area (Å²) in [5.74, 6) is -0.966. The minimum atomic E-state index is -1.29. The van der Waals surface area contributed by atoms with Gasteiger partial charge < -0.3 is 33.9 Å². The van der Waals surface area contributed by atoms with Crippen LogP contribution in [0.15, 0.2) is 91.0 Å². The van der Waals surface area contributed by atoms with Crippen molar-refractivity contribution in [2.75, 3.05) is 0 Å². The standard InChI is InChI=1S/C48H58O10/c1-29(49)36-24-27-48(53)38-21-20-34-28-35(22-25-46(34,3)37(38)23-26-47(36,48)4)55-45-41(58-44(52)33-18-12-7-13-19-33)40(57-43(51)32-16-10-6-11-17-32)39(30(2)54-45)56-42(50)31-14-8-5-9-15-31/h5-19,29-30,34-41,45,49,53H,20-28H2,1-4H3/t29-,30-,34+,35-,36+,37-,38+,39-,40+,41+,45+,46-,47+,48-/m0/s1. The fourth-order valence-corrected chi connectivity index (χ4v) is 12.1. The smallest absolute Gasteiger partial charge is 0.338 e. The number of aliphatic hydroxyl groups is 2. The molecule has 5 aliphatic rings. The third-order valence-electron chi connectivity index (χ3n) is 15.3. The van der Waals surface area contributed by atoms with Crippen LogP contribution in [0.3, 0.4) is 0 Å². The van der Waals surface area contributed by atoms with E-state index in [1.807, 2.05) is 6.92 Å². The van der Waals surface area contributed by atoms with Crippen molar-refractivity contribution in [1.82, 2.24) is 0 Å². The summed E-state index contributed by atoms with van der Waals surface area (Å²) >= 11 is 0. The van der Waals surface area contributed by atoms with Gasteiger partial charge in [0.1, 0.15) is 0 Å². The Labute approximate surface area is 341 Å². The van der Waals surface area contributed by atoms with Gasteiger partial charge >= 0.3 is 17.9 Å². The molecule has 58 heavy (non-hydrogen) atoms. The molecule has 3 aromatic rings. The Hall–Kier alpha value is -4.09. The molecule has 2 N–H and O–H groups in total. The van der Waals surface area contributed by atoms with E-state index in [2.05, 4.69) is 13.8 Å². The first-order valence-corrected chi connectivity index (χ1v) is 21.3. The second-order valence-corrected chi connectivity index (χ2v) is 18.2. The van der Waals surface area contributed by atoms with Gasteiger partial charge in [0.05, 0.1) is 40.6 Å². The minimum absolute atomic E-state index is 0.00707. The van der Waals surface area contributed by atoms with Crippen LogP contribution in [0.25, 0.3) is 0 Å². The zero-order chi connectivity index (χ0) is 40.8. The first kappa shape index (κ1) is 40.7. The van der Waals surface area contributed by atoms with Crippen LogP contribution in [-0.2, 0) is 23.7 Å². The van der Waals surface area contributed by atoms with Crippen LogP contribution in [0.2, 0.25) is 0 Å². The van der Waals surface area contributed by atoms with Crippen molar-refractivity contribution >= 4 is 17.9 Å². The Bertz CT molecular complexity index is 1920. The van der Waals surface area contributed by atoms with Gasteiger partial charge in [0.25, 0.3) is 0 Å². The highest BCUT2D eigenvalue weighted by atomic mass is 16.7. The van der Waals surface area contributed by atoms with E-state index in [4.69, 9.17) is 23.7 Å². The second kappa shape index (κ2) is 16.2. The van der Waals surface area contributed by atoms with E-state index in [1.54, 1.807) is 97.9 Å². The highest BCUT2D eigenvalue weighted by Crippen LogP contribution is 2.69. The molecule has 0 amide bonds. The summed E-state index contributed by atoms with van der Waals surface area (Å²) in [6.45, 7) is 8.25. The molecule has 4 aliphatic carbocycles. The lowest BCUT2D eigenvalue weighted by Crippen LogP contribution is -2.63. The SMILES string of the molecule is C[C@H](O)[C@H]1CC[C@]2(O)[C@@H]3CC[C@@H]4C[C@@H](O[C@H]5O[C@@H](C)[C@H](OC(=O)c6ccccc6)[C@@H](OC(=O)c6ccccc6)[C@H]5OC(=O)c5ccccc5)CC[C@]4(C)[C@H]3CC[C@]12C. The average molecular weight is 795 g/mol. The highest BCUT2D eigenvalue weighted by Gasteiger charge is 2.68. The van der Waals surface area contributed by atoms with Gasteiger partial charge in [0.15, 0.2) is 24.6 Å². The number of benzene rings is 3. The Balaban J connectivity index is 1.06. The molecular formula is C48H58O10. The summed E-state index contributed by atoms with van der Waals surface area (Å²) in [7, 11) is 0. The van der Waals surface area contributed by atoms with Crippen molar-refractivity contribution in [2.45, 2.75) is 134 Å². The van der Waals surface area contributed by atoms with Gasteiger partial charge in [0, 0.05) is 5.41 Å². The van der Waals surface area contributed by atoms with Gasteiger partial charge in [-0.3, -0.25) is 0 Å². The van der Waals surface area contributed by atoms with Crippen LogP contribution in [0.1, 0.15) is 117 Å². The van der Waals surface area contributed by atoms with Crippen molar-refractivity contribution in [3.05, 3.63) is 108 Å². The molecule has 10 heteroatoms. The number of hydrogen-bond acceptors (Lipinski definition) is 10. The zero-order valence-electron chi connectivity index (χ0n) is 34.0. The fourth-order valence-electron chi connectivity index (χ4n) is 12.1. The number of fused-ring (bicyclic) bond motifs is 5. The van der Waals surface area contributed by atoms with Crippen LogP contribution < -0.4 is 0 Å². The summed E-state index contributed by atoms with van der Waals surface area (Å²) in [5, 5.41) is 23.2. The first-order valence-electron chi connectivity index (χ1n) is 21.3. The van der Waals surface area contributed by atoms with Crippen LogP contribution >= 0.6 is 0 Å². The molecule has 0 aromatic heterocycles. The van der Waals surface area contributed by atoms with Crippen molar-refractivity contribution < 1.29 is 48.3 Å². The van der Waals surface area contributed by atoms with Crippen molar-refractivity contribution in [1.29, 1.82) is 0 Å². The van der Waals surface area contributed by atoms with E-state index in [9.17, 15) is 24.6 Å². The molecule has 1 saturated heterocycles. The lowest BCUT2D eigenvalue weighted by Gasteiger charge is -2.64. The molecule has 0 spiro atoms. The van der Waals surface area contributed by atoms with Crippen molar-refractivity contribution in [3.8, 4) is 0 Å². The Morgan fingerprint density at radius 1 is 0.672 bits per heavy atom. The van der Waals surface area contributed by atoms with Gasteiger partial charge in [-0.15, -0.1) is 0 Å². The quantitative estimate of drug-likeness (QED) is 0.125. The summed E-state index contributed by atoms with van der Waals surface area (Å²) in [4.78, 5) is 41.1. The van der Waals surface area contributed by atoms with Crippen LogP contribution in [-0.4, -0.2) is 76.6 Å². The molecule has 5 fully saturated rings. The van der Waals surface area contributed by atoms with E-state index in [-0.39, 0.29) is 34.3 Å². The lowest BCUT2D eigenvalue weighted by molar-refractivity contribution is -0.308. The van der Waals surface area contributed by atoms with E-state index in [0.29, 0.717) is 23.0 Å². The van der Waals surface area contributed by atoms with E-state index >= 15 is 0 Å². The minimum Gasteiger partial charge on any atom is -0.452 e. The van der Waals surface area contributed by atoms with Gasteiger partial charge in [-0.25, -0.2) is 14.4 Å². The summed E-state index contributed by atoms with van der Waals surface area (Å²) in [6.07, 6.45) is 1.46. The number of aliphatic hydroxyl groups excluding tert-OH is 1. The molecule has 1 aliphatic heterocycles. The van der Waals surface area contributed by atoms with Crippen LogP contribution in [0.4, 0.5) is 0 Å². The largest absolute Gasteiger partial charge is 0.452 e. The van der Waals surface area contributed by atoms with Gasteiger partial charge in [-0.1, -0.05) is 68.4 Å². The molecule has 0 radical (unpaired) electrons. The molecule has 10 nitrogen and oxygen atoms in total. The molecule has 0 unspecified atom stereocenters. The summed E-state index contributed by atoms with van der Waals surface area (Å²) in [6, 6.07) is 25.6. The van der Waals surface area contributed by atoms with Gasteiger partial charge in [-0.05, 0) is 137 Å². The van der Waals surface area contributed by atoms with Crippen LogP contribution in [0.5, 0.6) is 0 Å². The third kappa shape index (κ3) is 7.28. The predicted molar refractivity (Wildman–Crippen MR) is 215 cm³/mol. The average Bonchev–Trinajstić information content (AvgIpc) is 3.52. The molecule has 310 valence electrons. The highest BCUT2D eigenvalue weighted by molar-refractivity contribution is 5.91. The van der Waals surface area contributed by atoms with E-state index in [1.165, 1.54) is 0 Å². The number of ether oxygens (including phenoxy) is 5. The molecule has 0 bridgehead atoms. The zero-order valence-corrected chi connectivity index (χ0v) is 34.0. The lowest BCUT2D eigenvalue weighted by atomic mass is 9.43. The number of rotatable bonds is 9. The predicted octanol–water partition coefficient (Wildman–Crippen LogP) is 7.95. The maximum absolute atomic E-state index is 13.8. The first-order chi connectivity index (χ1) is 27.8. The number of carbonyl (C=O) groups excluding carboxylic acids is 3. The topological polar surface area (TPSA) is 138 Å². The molecule has 8 rings (SSSR count). The number of esters is 3. The van der Waals surface area contributed by atoms with E-state index < -0.39 is 60.3 Å². The van der Waals surface area contributed by atoms with Crippen LogP contribution in [0, 0.1) is 34.5 Å². The van der Waals surface area contributed by atoms with Gasteiger partial charge in [0.2, 0.25) is 0 Å². The Morgan fingerprint density at radius 2 is 1.21 bits per heavy atom.